The number of hydrogen-bond acceptors (Lipinski definition) is 3. The van der Waals surface area contributed by atoms with Gasteiger partial charge < -0.3 is 11.5 Å². The van der Waals surface area contributed by atoms with Crippen molar-refractivity contribution in [3.05, 3.63) is 28.8 Å². The lowest BCUT2D eigenvalue weighted by Gasteiger charge is -2.14. The van der Waals surface area contributed by atoms with Crippen molar-refractivity contribution in [1.82, 2.24) is 0 Å². The predicted octanol–water partition coefficient (Wildman–Crippen LogP) is 0.831. The molecule has 10 heteroatoms. The highest BCUT2D eigenvalue weighted by atomic mass is 32.2. The van der Waals surface area contributed by atoms with E-state index in [0.29, 0.717) is 12.3 Å². The van der Waals surface area contributed by atoms with E-state index in [2.05, 4.69) is 4.99 Å². The minimum Gasteiger partial charge on any atom is -0.370 e. The fourth-order valence-corrected chi connectivity index (χ4v) is 2.58. The lowest BCUT2D eigenvalue weighted by Crippen LogP contribution is -2.24. The van der Waals surface area contributed by atoms with Gasteiger partial charge in [-0.3, -0.25) is 4.79 Å². The van der Waals surface area contributed by atoms with Gasteiger partial charge in [-0.1, -0.05) is 0 Å². The minimum atomic E-state index is -4.95. The molecule has 0 fully saturated rings. The van der Waals surface area contributed by atoms with E-state index in [9.17, 15) is 26.4 Å². The van der Waals surface area contributed by atoms with E-state index in [0.717, 1.165) is 6.07 Å². The predicted molar refractivity (Wildman–Crippen MR) is 69.4 cm³/mol. The number of alkyl halides is 3. The van der Waals surface area contributed by atoms with Crippen LogP contribution in [0.25, 0.3) is 0 Å². The quantitative estimate of drug-likeness (QED) is 0.618. The Morgan fingerprint density at radius 1 is 1.24 bits per heavy atom. The molecule has 0 saturated carbocycles. The summed E-state index contributed by atoms with van der Waals surface area (Å²) in [5.74, 6) is -1.70. The molecule has 0 aliphatic carbocycles. The van der Waals surface area contributed by atoms with Crippen molar-refractivity contribution in [2.24, 2.45) is 16.5 Å². The fourth-order valence-electron chi connectivity index (χ4n) is 1.62. The van der Waals surface area contributed by atoms with E-state index in [1.807, 2.05) is 0 Å². The lowest BCUT2D eigenvalue weighted by atomic mass is 10.0. The molecule has 1 rings (SSSR count). The van der Waals surface area contributed by atoms with Gasteiger partial charge in [-0.2, -0.15) is 18.2 Å². The van der Waals surface area contributed by atoms with Crippen LogP contribution in [0, 0.1) is 6.92 Å². The molecule has 116 valence electrons. The summed E-state index contributed by atoms with van der Waals surface area (Å²) in [6.45, 7) is 1.28. The number of aryl methyl sites for hydroxylation is 1. The molecule has 0 saturated heterocycles. The zero-order valence-electron chi connectivity index (χ0n) is 11.0. The Labute approximate surface area is 118 Å². The van der Waals surface area contributed by atoms with Crippen molar-refractivity contribution in [3.63, 3.8) is 0 Å². The summed E-state index contributed by atoms with van der Waals surface area (Å²) in [7, 11) is -4.12. The number of nitrogens with zero attached hydrogens (tertiary/aromatic N) is 1. The summed E-state index contributed by atoms with van der Waals surface area (Å²) < 4.78 is 61.8. The van der Waals surface area contributed by atoms with E-state index < -0.39 is 43.9 Å². The number of aliphatic imine (C=N–C) groups is 1. The molecule has 0 heterocycles. The third-order valence-electron chi connectivity index (χ3n) is 2.49. The van der Waals surface area contributed by atoms with E-state index in [-0.39, 0.29) is 5.56 Å². The molecule has 0 aliphatic rings. The molecular weight excluding hydrogens is 311 g/mol. The summed E-state index contributed by atoms with van der Waals surface area (Å²) in [6, 6.07) is 1.20. The summed E-state index contributed by atoms with van der Waals surface area (Å²) >= 11 is 0. The Bertz CT molecular complexity index is 720. The standard InChI is InChI=1S/C11H12F3N3O3S/c1-5-3-8(21(2,19)20)7(11(12,13)14)4-6(5)9(18)17-10(15)16/h3-4H,1-2H3,(H4,15,16,17,18). The summed E-state index contributed by atoms with van der Waals surface area (Å²) in [4.78, 5) is 13.9. The number of benzene rings is 1. The Hall–Kier alpha value is -2.10. The zero-order valence-corrected chi connectivity index (χ0v) is 11.8. The molecular formula is C11H12F3N3O3S. The van der Waals surface area contributed by atoms with Gasteiger partial charge in [0.15, 0.2) is 15.8 Å². The number of hydrogen-bond donors (Lipinski definition) is 2. The van der Waals surface area contributed by atoms with E-state index in [1.165, 1.54) is 6.92 Å². The van der Waals surface area contributed by atoms with Gasteiger partial charge in [-0.25, -0.2) is 8.42 Å². The van der Waals surface area contributed by atoms with Gasteiger partial charge in [0.1, 0.15) is 0 Å². The van der Waals surface area contributed by atoms with Crippen LogP contribution < -0.4 is 11.5 Å². The normalized spacial score (nSPS) is 12.0. The molecule has 1 aromatic rings. The number of nitrogens with two attached hydrogens (primary N) is 2. The maximum Gasteiger partial charge on any atom is 0.417 e. The third kappa shape index (κ3) is 3.94. The van der Waals surface area contributed by atoms with Crippen LogP contribution >= 0.6 is 0 Å². The van der Waals surface area contributed by atoms with Crippen LogP contribution in [0.2, 0.25) is 0 Å². The van der Waals surface area contributed by atoms with Gasteiger partial charge >= 0.3 is 6.18 Å². The van der Waals surface area contributed by atoms with Gasteiger partial charge in [0.25, 0.3) is 5.91 Å². The molecule has 4 N–H and O–H groups in total. The monoisotopic (exact) mass is 323 g/mol. The second kappa shape index (κ2) is 5.35. The molecule has 0 bridgehead atoms. The van der Waals surface area contributed by atoms with Gasteiger partial charge in [0.2, 0.25) is 0 Å². The molecule has 0 aliphatic heterocycles. The topological polar surface area (TPSA) is 116 Å². The first-order valence-electron chi connectivity index (χ1n) is 5.40. The number of carbonyl (C=O) groups is 1. The van der Waals surface area contributed by atoms with Crippen molar-refractivity contribution in [2.75, 3.05) is 6.26 Å². The number of sulfone groups is 1. The van der Waals surface area contributed by atoms with E-state index in [4.69, 9.17) is 11.5 Å². The molecule has 0 radical (unpaired) electrons. The van der Waals surface area contributed by atoms with Gasteiger partial charge in [-0.15, -0.1) is 0 Å². The number of carbonyl (C=O) groups excluding carboxylic acids is 1. The summed E-state index contributed by atoms with van der Waals surface area (Å²) in [5, 5.41) is 0. The first-order chi connectivity index (χ1) is 9.34. The molecule has 0 atom stereocenters. The Morgan fingerprint density at radius 3 is 2.14 bits per heavy atom. The SMILES string of the molecule is Cc1cc(S(C)(=O)=O)c(C(F)(F)F)cc1C(=O)N=C(N)N. The smallest absolute Gasteiger partial charge is 0.370 e. The first-order valence-corrected chi connectivity index (χ1v) is 7.29. The van der Waals surface area contributed by atoms with Gasteiger partial charge in [0.05, 0.1) is 10.5 Å². The Morgan fingerprint density at radius 2 is 1.76 bits per heavy atom. The van der Waals surface area contributed by atoms with Crippen LogP contribution in [-0.4, -0.2) is 26.5 Å². The summed E-state index contributed by atoms with van der Waals surface area (Å²) in [5.41, 5.74) is 8.13. The van der Waals surface area contributed by atoms with E-state index >= 15 is 0 Å². The van der Waals surface area contributed by atoms with Crippen LogP contribution in [0.5, 0.6) is 0 Å². The van der Waals surface area contributed by atoms with Gasteiger partial charge in [-0.05, 0) is 24.6 Å². The van der Waals surface area contributed by atoms with E-state index in [1.54, 1.807) is 0 Å². The Balaban J connectivity index is 3.69. The maximum atomic E-state index is 13.0. The molecule has 1 aromatic carbocycles. The number of guanidine groups is 1. The molecule has 1 amide bonds. The van der Waals surface area contributed by atoms with Crippen molar-refractivity contribution in [3.8, 4) is 0 Å². The fraction of sp³-hybridized carbons (Fsp3) is 0.273. The third-order valence-corrected chi connectivity index (χ3v) is 3.63. The maximum absolute atomic E-state index is 13.0. The summed E-state index contributed by atoms with van der Waals surface area (Å²) in [6.07, 6.45) is -4.30. The van der Waals surface area contributed by atoms with Crippen molar-refractivity contribution >= 4 is 21.7 Å². The average Bonchev–Trinajstić information content (AvgIpc) is 2.24. The molecule has 6 nitrogen and oxygen atoms in total. The highest BCUT2D eigenvalue weighted by Gasteiger charge is 2.37. The zero-order chi connectivity index (χ0) is 16.6. The van der Waals surface area contributed by atoms with Crippen molar-refractivity contribution in [2.45, 2.75) is 18.0 Å². The van der Waals surface area contributed by atoms with Crippen LogP contribution in [0.1, 0.15) is 21.5 Å². The van der Waals surface area contributed by atoms with Crippen LogP contribution in [0.3, 0.4) is 0 Å². The minimum absolute atomic E-state index is 0.0124. The first kappa shape index (κ1) is 17.0. The largest absolute Gasteiger partial charge is 0.417 e. The van der Waals surface area contributed by atoms with Crippen molar-refractivity contribution in [1.29, 1.82) is 0 Å². The molecule has 0 spiro atoms. The van der Waals surface area contributed by atoms with Crippen LogP contribution in [0.4, 0.5) is 13.2 Å². The van der Waals surface area contributed by atoms with Crippen molar-refractivity contribution < 1.29 is 26.4 Å². The highest BCUT2D eigenvalue weighted by Crippen LogP contribution is 2.36. The number of rotatable bonds is 2. The Kier molecular flexibility index (Phi) is 4.32. The van der Waals surface area contributed by atoms with Crippen LogP contribution in [0.15, 0.2) is 22.0 Å². The number of amides is 1. The molecule has 21 heavy (non-hydrogen) atoms. The lowest BCUT2D eigenvalue weighted by molar-refractivity contribution is -0.139. The van der Waals surface area contributed by atoms with Crippen LogP contribution in [-0.2, 0) is 16.0 Å². The second-order valence-corrected chi connectivity index (χ2v) is 6.26. The van der Waals surface area contributed by atoms with Gasteiger partial charge in [0, 0.05) is 11.8 Å². The average molecular weight is 323 g/mol. The second-order valence-electron chi connectivity index (χ2n) is 4.28. The molecule has 0 aromatic heterocycles. The molecule has 0 unspecified atom stereocenters. The highest BCUT2D eigenvalue weighted by molar-refractivity contribution is 7.90. The number of halogens is 3.